The predicted octanol–water partition coefficient (Wildman–Crippen LogP) is 1.23. The molecule has 1 aliphatic rings. The fourth-order valence-electron chi connectivity index (χ4n) is 1.72. The number of aldehydes is 1. The summed E-state index contributed by atoms with van der Waals surface area (Å²) in [6, 6.07) is 0.240. The lowest BCUT2D eigenvalue weighted by Gasteiger charge is -2.20. The number of piperidine rings is 1. The fraction of sp³-hybridized carbons (Fsp3) is 0.600. The van der Waals surface area contributed by atoms with E-state index in [-0.39, 0.29) is 6.04 Å². The van der Waals surface area contributed by atoms with Crippen molar-refractivity contribution >= 4 is 6.29 Å². The molecule has 1 atom stereocenters. The average Bonchev–Trinajstić information content (AvgIpc) is 2.68. The van der Waals surface area contributed by atoms with Crippen molar-refractivity contribution in [1.29, 1.82) is 0 Å². The first-order valence-corrected chi connectivity index (χ1v) is 5.02. The van der Waals surface area contributed by atoms with Gasteiger partial charge in [-0.2, -0.15) is 0 Å². The van der Waals surface area contributed by atoms with E-state index in [1.165, 1.54) is 12.8 Å². The first-order valence-electron chi connectivity index (χ1n) is 5.02. The number of nitrogens with one attached hydrogen (secondary N) is 1. The maximum Gasteiger partial charge on any atom is 0.211 e. The van der Waals surface area contributed by atoms with Crippen LogP contribution in [0.25, 0.3) is 0 Å². The SMILES string of the molecule is O=CCc1cnc(C2CCCCN2)o1. The third-order valence-corrected chi connectivity index (χ3v) is 2.46. The minimum Gasteiger partial charge on any atom is -0.444 e. The van der Waals surface area contributed by atoms with E-state index in [1.54, 1.807) is 6.20 Å². The molecule has 0 amide bonds. The third kappa shape index (κ3) is 2.01. The first kappa shape index (κ1) is 9.40. The van der Waals surface area contributed by atoms with Crippen molar-refractivity contribution in [1.82, 2.24) is 10.3 Å². The minimum atomic E-state index is 0.240. The van der Waals surface area contributed by atoms with E-state index in [9.17, 15) is 4.79 Å². The zero-order chi connectivity index (χ0) is 9.80. The molecule has 1 unspecified atom stereocenters. The summed E-state index contributed by atoms with van der Waals surface area (Å²) < 4.78 is 5.46. The fourth-order valence-corrected chi connectivity index (χ4v) is 1.72. The number of nitrogens with zero attached hydrogens (tertiary/aromatic N) is 1. The molecule has 2 heterocycles. The summed E-state index contributed by atoms with van der Waals surface area (Å²) in [5, 5.41) is 3.35. The van der Waals surface area contributed by atoms with Crippen LogP contribution in [0.4, 0.5) is 0 Å². The largest absolute Gasteiger partial charge is 0.444 e. The lowest BCUT2D eigenvalue weighted by molar-refractivity contribution is -0.107. The molecule has 0 aromatic carbocycles. The Hall–Kier alpha value is -1.16. The van der Waals surface area contributed by atoms with Crippen LogP contribution in [-0.2, 0) is 11.2 Å². The van der Waals surface area contributed by atoms with Crippen LogP contribution in [0.1, 0.15) is 37.0 Å². The van der Waals surface area contributed by atoms with Gasteiger partial charge in [-0.1, -0.05) is 6.42 Å². The van der Waals surface area contributed by atoms with E-state index in [1.807, 2.05) is 0 Å². The molecule has 1 saturated heterocycles. The van der Waals surface area contributed by atoms with Crippen molar-refractivity contribution in [2.45, 2.75) is 31.7 Å². The summed E-state index contributed by atoms with van der Waals surface area (Å²) in [5.41, 5.74) is 0. The molecule has 0 spiro atoms. The lowest BCUT2D eigenvalue weighted by Crippen LogP contribution is -2.26. The quantitative estimate of drug-likeness (QED) is 0.735. The zero-order valence-corrected chi connectivity index (χ0v) is 8.03. The van der Waals surface area contributed by atoms with Gasteiger partial charge in [0.15, 0.2) is 0 Å². The van der Waals surface area contributed by atoms with Crippen LogP contribution in [0.15, 0.2) is 10.6 Å². The highest BCUT2D eigenvalue weighted by Gasteiger charge is 2.19. The van der Waals surface area contributed by atoms with Crippen LogP contribution in [0.5, 0.6) is 0 Å². The molecule has 0 radical (unpaired) electrons. The summed E-state index contributed by atoms with van der Waals surface area (Å²) in [7, 11) is 0. The van der Waals surface area contributed by atoms with Crippen molar-refractivity contribution in [3.05, 3.63) is 17.8 Å². The number of hydrogen-bond donors (Lipinski definition) is 1. The molecular formula is C10H14N2O2. The van der Waals surface area contributed by atoms with Crippen LogP contribution in [-0.4, -0.2) is 17.8 Å². The number of carbonyl (C=O) groups is 1. The molecule has 0 saturated carbocycles. The molecular weight excluding hydrogens is 180 g/mol. The van der Waals surface area contributed by atoms with E-state index in [2.05, 4.69) is 10.3 Å². The van der Waals surface area contributed by atoms with E-state index < -0.39 is 0 Å². The molecule has 1 aromatic heterocycles. The van der Waals surface area contributed by atoms with E-state index in [0.717, 1.165) is 25.1 Å². The van der Waals surface area contributed by atoms with E-state index in [4.69, 9.17) is 4.42 Å². The van der Waals surface area contributed by atoms with Crippen molar-refractivity contribution in [2.24, 2.45) is 0 Å². The highest BCUT2D eigenvalue weighted by molar-refractivity contribution is 5.52. The maximum atomic E-state index is 10.3. The Morgan fingerprint density at radius 2 is 2.57 bits per heavy atom. The van der Waals surface area contributed by atoms with Crippen LogP contribution < -0.4 is 5.32 Å². The molecule has 1 aromatic rings. The summed E-state index contributed by atoms with van der Waals surface area (Å²) in [5.74, 6) is 1.38. The Balaban J connectivity index is 2.03. The smallest absolute Gasteiger partial charge is 0.211 e. The Kier molecular flexibility index (Phi) is 2.93. The standard InChI is InChI=1S/C10H14N2O2/c13-6-4-8-7-12-10(14-8)9-3-1-2-5-11-9/h6-7,9,11H,1-5H2. The third-order valence-electron chi connectivity index (χ3n) is 2.46. The molecule has 1 fully saturated rings. The molecule has 0 aliphatic carbocycles. The average molecular weight is 194 g/mol. The van der Waals surface area contributed by atoms with Gasteiger partial charge in [-0.3, -0.25) is 0 Å². The molecule has 2 rings (SSSR count). The topological polar surface area (TPSA) is 55.1 Å². The number of carbonyl (C=O) groups excluding carboxylic acids is 1. The van der Waals surface area contributed by atoms with Gasteiger partial charge < -0.3 is 14.5 Å². The van der Waals surface area contributed by atoms with Gasteiger partial charge >= 0.3 is 0 Å². The Labute approximate surface area is 82.7 Å². The number of hydrogen-bond acceptors (Lipinski definition) is 4. The number of rotatable bonds is 3. The Morgan fingerprint density at radius 1 is 1.64 bits per heavy atom. The predicted molar refractivity (Wildman–Crippen MR) is 50.9 cm³/mol. The second-order valence-electron chi connectivity index (χ2n) is 3.54. The molecule has 76 valence electrons. The van der Waals surface area contributed by atoms with Gasteiger partial charge in [-0.15, -0.1) is 0 Å². The summed E-state index contributed by atoms with van der Waals surface area (Å²) in [4.78, 5) is 14.4. The van der Waals surface area contributed by atoms with Gasteiger partial charge in [-0.25, -0.2) is 4.98 Å². The second-order valence-corrected chi connectivity index (χ2v) is 3.54. The van der Waals surface area contributed by atoms with Crippen molar-refractivity contribution in [2.75, 3.05) is 6.54 Å². The van der Waals surface area contributed by atoms with Crippen molar-refractivity contribution in [3.63, 3.8) is 0 Å². The highest BCUT2D eigenvalue weighted by atomic mass is 16.4. The first-order chi connectivity index (χ1) is 6.90. The molecule has 4 heteroatoms. The van der Waals surface area contributed by atoms with Gasteiger partial charge in [0.05, 0.1) is 18.7 Å². The molecule has 14 heavy (non-hydrogen) atoms. The highest BCUT2D eigenvalue weighted by Crippen LogP contribution is 2.22. The molecule has 4 nitrogen and oxygen atoms in total. The van der Waals surface area contributed by atoms with Gasteiger partial charge in [0, 0.05) is 0 Å². The molecule has 1 aliphatic heterocycles. The summed E-state index contributed by atoms with van der Waals surface area (Å²) in [6.07, 6.45) is 6.29. The Bertz CT molecular complexity index is 303. The van der Waals surface area contributed by atoms with E-state index >= 15 is 0 Å². The summed E-state index contributed by atoms with van der Waals surface area (Å²) >= 11 is 0. The zero-order valence-electron chi connectivity index (χ0n) is 8.03. The van der Waals surface area contributed by atoms with Crippen LogP contribution in [0.2, 0.25) is 0 Å². The monoisotopic (exact) mass is 194 g/mol. The van der Waals surface area contributed by atoms with E-state index in [0.29, 0.717) is 12.2 Å². The second kappa shape index (κ2) is 4.37. The maximum absolute atomic E-state index is 10.3. The molecule has 0 bridgehead atoms. The van der Waals surface area contributed by atoms with Gasteiger partial charge in [0.25, 0.3) is 0 Å². The molecule has 1 N–H and O–H groups in total. The number of oxazole rings is 1. The Morgan fingerprint density at radius 3 is 3.29 bits per heavy atom. The van der Waals surface area contributed by atoms with Gasteiger partial charge in [0.1, 0.15) is 12.0 Å². The van der Waals surface area contributed by atoms with Gasteiger partial charge in [0.2, 0.25) is 5.89 Å². The van der Waals surface area contributed by atoms with Crippen LogP contribution in [0, 0.1) is 0 Å². The van der Waals surface area contributed by atoms with Crippen LogP contribution >= 0.6 is 0 Å². The van der Waals surface area contributed by atoms with Crippen molar-refractivity contribution in [3.8, 4) is 0 Å². The van der Waals surface area contributed by atoms with Crippen LogP contribution in [0.3, 0.4) is 0 Å². The summed E-state index contributed by atoms with van der Waals surface area (Å²) in [6.45, 7) is 1.02. The van der Waals surface area contributed by atoms with Gasteiger partial charge in [-0.05, 0) is 19.4 Å². The normalized spacial score (nSPS) is 22.1. The van der Waals surface area contributed by atoms with Crippen molar-refractivity contribution < 1.29 is 9.21 Å². The minimum absolute atomic E-state index is 0.240. The lowest BCUT2D eigenvalue weighted by atomic mass is 10.1. The number of aromatic nitrogens is 1.